The molecule has 1 unspecified atom stereocenters. The van der Waals surface area contributed by atoms with Gasteiger partial charge in [0.1, 0.15) is 5.54 Å². The Hall–Kier alpha value is -1.59. The molecule has 0 radical (unpaired) electrons. The highest BCUT2D eigenvalue weighted by atomic mass is 35.5. The Morgan fingerprint density at radius 1 is 1.40 bits per heavy atom. The first-order valence-corrected chi connectivity index (χ1v) is 6.79. The highest BCUT2D eigenvalue weighted by molar-refractivity contribution is 6.30. The van der Waals surface area contributed by atoms with Crippen LogP contribution in [-0.2, 0) is 9.59 Å². The fraction of sp³-hybridized carbons (Fsp3) is 0.429. The number of amides is 1. The molecule has 110 valence electrons. The zero-order valence-corrected chi connectivity index (χ0v) is 12.3. The van der Waals surface area contributed by atoms with E-state index in [2.05, 4.69) is 10.6 Å². The van der Waals surface area contributed by atoms with Crippen molar-refractivity contribution in [2.24, 2.45) is 0 Å². The molecule has 0 aliphatic heterocycles. The van der Waals surface area contributed by atoms with Crippen LogP contribution in [0.2, 0.25) is 5.02 Å². The van der Waals surface area contributed by atoms with Crippen LogP contribution in [0.4, 0.5) is 5.69 Å². The smallest absolute Gasteiger partial charge is 0.323 e. The lowest BCUT2D eigenvalue weighted by atomic mass is 9.96. The van der Waals surface area contributed by atoms with Gasteiger partial charge in [-0.2, -0.15) is 0 Å². The van der Waals surface area contributed by atoms with Crippen LogP contribution in [0.1, 0.15) is 26.7 Å². The van der Waals surface area contributed by atoms with Gasteiger partial charge in [-0.25, -0.2) is 0 Å². The summed E-state index contributed by atoms with van der Waals surface area (Å²) in [5.74, 6) is -1.27. The molecule has 0 fully saturated rings. The molecule has 0 aliphatic rings. The summed E-state index contributed by atoms with van der Waals surface area (Å²) in [6.07, 6.45) is 1.17. The summed E-state index contributed by atoms with van der Waals surface area (Å²) in [5.41, 5.74) is -0.516. The minimum atomic E-state index is -1.10. The zero-order chi connectivity index (χ0) is 15.2. The molecular weight excluding hydrogens is 280 g/mol. The van der Waals surface area contributed by atoms with Crippen molar-refractivity contribution in [3.63, 3.8) is 0 Å². The van der Waals surface area contributed by atoms with E-state index in [9.17, 15) is 14.7 Å². The molecular formula is C14H19ClN2O3. The van der Waals surface area contributed by atoms with E-state index in [0.717, 1.165) is 0 Å². The van der Waals surface area contributed by atoms with E-state index >= 15 is 0 Å². The number of hydrogen-bond acceptors (Lipinski definition) is 3. The predicted octanol–water partition coefficient (Wildman–Crippen LogP) is 2.51. The number of carbonyl (C=O) groups excluding carboxylic acids is 1. The average Bonchev–Trinajstić information content (AvgIpc) is 2.36. The van der Waals surface area contributed by atoms with Gasteiger partial charge < -0.3 is 10.4 Å². The molecule has 0 spiro atoms. The molecule has 0 bridgehead atoms. The van der Waals surface area contributed by atoms with Gasteiger partial charge in [0.2, 0.25) is 5.91 Å². The summed E-state index contributed by atoms with van der Waals surface area (Å²) in [5, 5.41) is 15.2. The maximum absolute atomic E-state index is 11.8. The molecule has 1 aromatic carbocycles. The van der Waals surface area contributed by atoms with E-state index in [1.165, 1.54) is 0 Å². The maximum atomic E-state index is 11.8. The molecule has 1 aromatic rings. The van der Waals surface area contributed by atoms with Crippen molar-refractivity contribution in [1.29, 1.82) is 0 Å². The summed E-state index contributed by atoms with van der Waals surface area (Å²) in [6, 6.07) is 6.77. The maximum Gasteiger partial charge on any atom is 0.323 e. The average molecular weight is 299 g/mol. The van der Waals surface area contributed by atoms with Crippen molar-refractivity contribution in [2.75, 3.05) is 11.9 Å². The van der Waals surface area contributed by atoms with Crippen LogP contribution < -0.4 is 10.6 Å². The fourth-order valence-electron chi connectivity index (χ4n) is 1.82. The first-order chi connectivity index (χ1) is 9.37. The molecule has 1 atom stereocenters. The largest absolute Gasteiger partial charge is 0.480 e. The first kappa shape index (κ1) is 16.5. The number of rotatable bonds is 7. The Morgan fingerprint density at radius 3 is 2.65 bits per heavy atom. The summed E-state index contributed by atoms with van der Waals surface area (Å²) in [6.45, 7) is 3.40. The van der Waals surface area contributed by atoms with Crippen LogP contribution in [0.25, 0.3) is 0 Å². The van der Waals surface area contributed by atoms with E-state index < -0.39 is 11.5 Å². The van der Waals surface area contributed by atoms with E-state index in [-0.39, 0.29) is 12.5 Å². The predicted molar refractivity (Wildman–Crippen MR) is 79.0 cm³/mol. The number of carboxylic acids is 1. The first-order valence-electron chi connectivity index (χ1n) is 6.41. The van der Waals surface area contributed by atoms with E-state index in [1.807, 2.05) is 6.92 Å². The lowest BCUT2D eigenvalue weighted by Crippen LogP contribution is -2.51. The summed E-state index contributed by atoms with van der Waals surface area (Å²) >= 11 is 5.82. The van der Waals surface area contributed by atoms with Crippen molar-refractivity contribution >= 4 is 29.2 Å². The minimum Gasteiger partial charge on any atom is -0.480 e. The number of benzene rings is 1. The highest BCUT2D eigenvalue weighted by Gasteiger charge is 2.31. The molecule has 0 saturated carbocycles. The number of nitrogens with one attached hydrogen (secondary N) is 2. The van der Waals surface area contributed by atoms with Crippen LogP contribution in [0, 0.1) is 0 Å². The number of anilines is 1. The molecule has 0 aromatic heterocycles. The van der Waals surface area contributed by atoms with Gasteiger partial charge in [-0.05, 0) is 31.5 Å². The molecule has 5 nitrogen and oxygen atoms in total. The third-order valence-corrected chi connectivity index (χ3v) is 3.20. The quantitative estimate of drug-likeness (QED) is 0.723. The van der Waals surface area contributed by atoms with E-state index in [4.69, 9.17) is 11.6 Å². The SMILES string of the molecule is CCCC(C)(NCC(=O)Nc1cccc(Cl)c1)C(=O)O. The molecule has 20 heavy (non-hydrogen) atoms. The monoisotopic (exact) mass is 298 g/mol. The lowest BCUT2D eigenvalue weighted by molar-refractivity contribution is -0.144. The standard InChI is InChI=1S/C14H19ClN2O3/c1-3-7-14(2,13(19)20)16-9-12(18)17-11-6-4-5-10(15)8-11/h4-6,8,16H,3,7,9H2,1-2H3,(H,17,18)(H,19,20). The second-order valence-electron chi connectivity index (χ2n) is 4.80. The second-order valence-corrected chi connectivity index (χ2v) is 5.24. The van der Waals surface area contributed by atoms with E-state index in [1.54, 1.807) is 31.2 Å². The number of aliphatic carboxylic acids is 1. The van der Waals surface area contributed by atoms with Crippen molar-refractivity contribution in [1.82, 2.24) is 5.32 Å². The molecule has 0 saturated heterocycles. The highest BCUT2D eigenvalue weighted by Crippen LogP contribution is 2.15. The van der Waals surface area contributed by atoms with Gasteiger partial charge in [-0.15, -0.1) is 0 Å². The number of carbonyl (C=O) groups is 2. The molecule has 0 heterocycles. The third-order valence-electron chi connectivity index (χ3n) is 2.97. The Bertz CT molecular complexity index is 493. The van der Waals surface area contributed by atoms with Crippen LogP contribution in [0.5, 0.6) is 0 Å². The van der Waals surface area contributed by atoms with Gasteiger partial charge in [0, 0.05) is 10.7 Å². The van der Waals surface area contributed by atoms with Crippen molar-refractivity contribution in [3.05, 3.63) is 29.3 Å². The van der Waals surface area contributed by atoms with Crippen molar-refractivity contribution < 1.29 is 14.7 Å². The number of carboxylic acid groups (broad SMARTS) is 1. The van der Waals surface area contributed by atoms with Gasteiger partial charge in [0.15, 0.2) is 0 Å². The molecule has 6 heteroatoms. The normalized spacial score (nSPS) is 13.6. The number of hydrogen-bond donors (Lipinski definition) is 3. The Morgan fingerprint density at radius 2 is 2.10 bits per heavy atom. The Balaban J connectivity index is 2.56. The molecule has 0 aliphatic carbocycles. The molecule has 1 rings (SSSR count). The van der Waals surface area contributed by atoms with Gasteiger partial charge in [0.25, 0.3) is 0 Å². The second kappa shape index (κ2) is 7.26. The van der Waals surface area contributed by atoms with Crippen LogP contribution >= 0.6 is 11.6 Å². The van der Waals surface area contributed by atoms with E-state index in [0.29, 0.717) is 23.6 Å². The van der Waals surface area contributed by atoms with Crippen LogP contribution in [-0.4, -0.2) is 29.1 Å². The lowest BCUT2D eigenvalue weighted by Gasteiger charge is -2.25. The molecule has 3 N–H and O–H groups in total. The van der Waals surface area contributed by atoms with Crippen molar-refractivity contribution in [3.8, 4) is 0 Å². The summed E-state index contributed by atoms with van der Waals surface area (Å²) in [4.78, 5) is 23.0. The summed E-state index contributed by atoms with van der Waals surface area (Å²) < 4.78 is 0. The van der Waals surface area contributed by atoms with Crippen LogP contribution in [0.3, 0.4) is 0 Å². The number of halogens is 1. The van der Waals surface area contributed by atoms with Crippen LogP contribution in [0.15, 0.2) is 24.3 Å². The van der Waals surface area contributed by atoms with Gasteiger partial charge in [-0.1, -0.05) is 31.0 Å². The van der Waals surface area contributed by atoms with Gasteiger partial charge >= 0.3 is 5.97 Å². The summed E-state index contributed by atoms with van der Waals surface area (Å²) in [7, 11) is 0. The van der Waals surface area contributed by atoms with Gasteiger partial charge in [-0.3, -0.25) is 14.9 Å². The Kier molecular flexibility index (Phi) is 5.98. The zero-order valence-electron chi connectivity index (χ0n) is 11.6. The third kappa shape index (κ3) is 4.83. The van der Waals surface area contributed by atoms with Crippen molar-refractivity contribution in [2.45, 2.75) is 32.2 Å². The Labute approximate surface area is 123 Å². The molecule has 1 amide bonds. The minimum absolute atomic E-state index is 0.0741. The topological polar surface area (TPSA) is 78.4 Å². The fourth-order valence-corrected chi connectivity index (χ4v) is 2.01. The van der Waals surface area contributed by atoms with Gasteiger partial charge in [0.05, 0.1) is 6.54 Å².